The highest BCUT2D eigenvalue weighted by Crippen LogP contribution is 2.03. The van der Waals surface area contributed by atoms with Crippen molar-refractivity contribution in [2.75, 3.05) is 32.8 Å². The Kier molecular flexibility index (Phi) is 6.42. The number of nitrogens with zero attached hydrogens (tertiary/aromatic N) is 2. The van der Waals surface area contributed by atoms with Gasteiger partial charge >= 0.3 is 0 Å². The molecular weight excluding hydrogens is 239 g/mol. The van der Waals surface area contributed by atoms with E-state index in [9.17, 15) is 9.18 Å². The van der Waals surface area contributed by atoms with Gasteiger partial charge in [-0.15, -0.1) is 0 Å². The largest absolute Gasteiger partial charge is 0.395 e. The van der Waals surface area contributed by atoms with Gasteiger partial charge in [0, 0.05) is 26.1 Å². The maximum Gasteiger partial charge on any atom is 0.182 e. The van der Waals surface area contributed by atoms with Crippen LogP contribution in [0.15, 0.2) is 18.3 Å². The number of carbonyl (C=O) groups excluding carboxylic acids is 1. The van der Waals surface area contributed by atoms with Crippen LogP contribution in [-0.4, -0.2) is 58.7 Å². The van der Waals surface area contributed by atoms with Crippen molar-refractivity contribution in [3.63, 3.8) is 0 Å². The molecule has 0 saturated heterocycles. The molecule has 0 bridgehead atoms. The van der Waals surface area contributed by atoms with Gasteiger partial charge < -0.3 is 10.2 Å². The number of hydrogen-bond donors (Lipinski definition) is 2. The van der Waals surface area contributed by atoms with E-state index in [1.54, 1.807) is 4.90 Å². The van der Waals surface area contributed by atoms with Crippen LogP contribution in [0.1, 0.15) is 16.9 Å². The highest BCUT2D eigenvalue weighted by molar-refractivity contribution is 5.94. The number of Topliss-reactive ketones (excluding diaryl/α,β-unsaturated/α-hetero) is 1. The van der Waals surface area contributed by atoms with Crippen molar-refractivity contribution >= 4 is 5.78 Å². The molecule has 1 rings (SSSR count). The number of carbonyl (C=O) groups is 1. The van der Waals surface area contributed by atoms with Crippen LogP contribution in [0.2, 0.25) is 0 Å². The molecule has 0 aliphatic heterocycles. The van der Waals surface area contributed by atoms with Gasteiger partial charge in [0.1, 0.15) is 11.5 Å². The first kappa shape index (κ1) is 14.7. The lowest BCUT2D eigenvalue weighted by molar-refractivity contribution is 0.0942. The van der Waals surface area contributed by atoms with Crippen molar-refractivity contribution < 1.29 is 19.4 Å². The average molecular weight is 256 g/mol. The first-order chi connectivity index (χ1) is 8.67. The Labute approximate surface area is 105 Å². The van der Waals surface area contributed by atoms with E-state index in [1.807, 2.05) is 0 Å². The molecule has 0 atom stereocenters. The number of aliphatic hydroxyl groups excluding tert-OH is 2. The van der Waals surface area contributed by atoms with Crippen molar-refractivity contribution in [1.82, 2.24) is 9.88 Å². The van der Waals surface area contributed by atoms with Gasteiger partial charge in [-0.3, -0.25) is 14.7 Å². The first-order valence-electron chi connectivity index (χ1n) is 5.76. The summed E-state index contributed by atoms with van der Waals surface area (Å²) in [4.78, 5) is 17.2. The Morgan fingerprint density at radius 2 is 1.89 bits per heavy atom. The molecule has 0 fully saturated rings. The van der Waals surface area contributed by atoms with E-state index >= 15 is 0 Å². The summed E-state index contributed by atoms with van der Waals surface area (Å²) in [5.41, 5.74) is 0.226. The summed E-state index contributed by atoms with van der Waals surface area (Å²) in [5.74, 6) is -0.662. The van der Waals surface area contributed by atoms with Gasteiger partial charge in [-0.1, -0.05) is 0 Å². The summed E-state index contributed by atoms with van der Waals surface area (Å²) in [7, 11) is 0. The fourth-order valence-corrected chi connectivity index (χ4v) is 1.55. The van der Waals surface area contributed by atoms with Gasteiger partial charge in [0.15, 0.2) is 5.78 Å². The Balaban J connectivity index is 2.46. The third kappa shape index (κ3) is 4.87. The minimum absolute atomic E-state index is 0.0248. The van der Waals surface area contributed by atoms with Crippen LogP contribution in [0.25, 0.3) is 0 Å². The number of hydrogen-bond acceptors (Lipinski definition) is 5. The van der Waals surface area contributed by atoms with E-state index in [1.165, 1.54) is 12.1 Å². The molecule has 0 amide bonds. The molecule has 0 aliphatic rings. The van der Waals surface area contributed by atoms with E-state index in [4.69, 9.17) is 10.2 Å². The predicted octanol–water partition coefficient (Wildman–Crippen LogP) is 0.0801. The molecule has 1 aromatic heterocycles. The molecular formula is C12H17FN2O3. The summed E-state index contributed by atoms with van der Waals surface area (Å²) in [6.45, 7) is 1.19. The summed E-state index contributed by atoms with van der Waals surface area (Å²) in [6.07, 6.45) is 1.23. The molecule has 1 aromatic rings. The van der Waals surface area contributed by atoms with E-state index in [0.29, 0.717) is 19.6 Å². The molecule has 0 saturated carbocycles. The van der Waals surface area contributed by atoms with Crippen LogP contribution in [0.3, 0.4) is 0 Å². The van der Waals surface area contributed by atoms with Crippen LogP contribution in [-0.2, 0) is 0 Å². The van der Waals surface area contributed by atoms with Crippen LogP contribution >= 0.6 is 0 Å². The van der Waals surface area contributed by atoms with Crippen molar-refractivity contribution in [1.29, 1.82) is 0 Å². The number of pyridine rings is 1. The summed E-state index contributed by atoms with van der Waals surface area (Å²) < 4.78 is 12.6. The molecule has 0 unspecified atom stereocenters. The van der Waals surface area contributed by atoms with Crippen molar-refractivity contribution in [3.8, 4) is 0 Å². The Bertz CT molecular complexity index is 364. The van der Waals surface area contributed by atoms with E-state index in [0.717, 1.165) is 6.20 Å². The highest BCUT2D eigenvalue weighted by atomic mass is 19.1. The van der Waals surface area contributed by atoms with Gasteiger partial charge in [0.2, 0.25) is 0 Å². The van der Waals surface area contributed by atoms with Gasteiger partial charge in [0.25, 0.3) is 0 Å². The second-order valence-electron chi connectivity index (χ2n) is 3.82. The maximum absolute atomic E-state index is 12.6. The van der Waals surface area contributed by atoms with E-state index in [2.05, 4.69) is 4.98 Å². The second-order valence-corrected chi connectivity index (χ2v) is 3.82. The maximum atomic E-state index is 12.6. The molecule has 100 valence electrons. The fraction of sp³-hybridized carbons (Fsp3) is 0.500. The number of rotatable bonds is 8. The second kappa shape index (κ2) is 7.86. The fourth-order valence-electron chi connectivity index (χ4n) is 1.55. The summed E-state index contributed by atoms with van der Waals surface area (Å²) in [5, 5.41) is 17.6. The van der Waals surface area contributed by atoms with Gasteiger partial charge in [-0.05, 0) is 12.1 Å². The first-order valence-corrected chi connectivity index (χ1v) is 5.76. The third-order valence-electron chi connectivity index (χ3n) is 2.50. The topological polar surface area (TPSA) is 73.7 Å². The molecule has 0 aromatic carbocycles. The molecule has 2 N–H and O–H groups in total. The minimum atomic E-state index is -0.478. The lowest BCUT2D eigenvalue weighted by Gasteiger charge is -2.19. The molecule has 0 aliphatic carbocycles. The van der Waals surface area contributed by atoms with Crippen molar-refractivity contribution in [3.05, 3.63) is 29.8 Å². The monoisotopic (exact) mass is 256 g/mol. The molecule has 1 heterocycles. The third-order valence-corrected chi connectivity index (χ3v) is 2.50. The van der Waals surface area contributed by atoms with Gasteiger partial charge in [-0.2, -0.15) is 0 Å². The minimum Gasteiger partial charge on any atom is -0.395 e. The van der Waals surface area contributed by atoms with Crippen molar-refractivity contribution in [2.24, 2.45) is 0 Å². The van der Waals surface area contributed by atoms with Crippen LogP contribution in [0.5, 0.6) is 0 Å². The average Bonchev–Trinajstić information content (AvgIpc) is 2.37. The molecule has 6 heteroatoms. The van der Waals surface area contributed by atoms with E-state index in [-0.39, 0.29) is 31.1 Å². The zero-order valence-electron chi connectivity index (χ0n) is 10.0. The Morgan fingerprint density at radius 1 is 1.22 bits per heavy atom. The SMILES string of the molecule is O=C(CCN(CCO)CCO)c1ccc(F)cn1. The van der Waals surface area contributed by atoms with Crippen LogP contribution in [0, 0.1) is 5.82 Å². The van der Waals surface area contributed by atoms with Crippen LogP contribution < -0.4 is 0 Å². The summed E-state index contributed by atoms with van der Waals surface area (Å²) >= 11 is 0. The van der Waals surface area contributed by atoms with E-state index < -0.39 is 5.82 Å². The van der Waals surface area contributed by atoms with Crippen LogP contribution in [0.4, 0.5) is 4.39 Å². The van der Waals surface area contributed by atoms with Gasteiger partial charge in [-0.25, -0.2) is 4.39 Å². The number of aromatic nitrogens is 1. The highest BCUT2D eigenvalue weighted by Gasteiger charge is 2.10. The number of ketones is 1. The lowest BCUT2D eigenvalue weighted by atomic mass is 10.2. The Hall–Kier alpha value is -1.37. The molecule has 0 radical (unpaired) electrons. The molecule has 5 nitrogen and oxygen atoms in total. The smallest absolute Gasteiger partial charge is 0.182 e. The number of halogens is 1. The van der Waals surface area contributed by atoms with Crippen molar-refractivity contribution in [2.45, 2.75) is 6.42 Å². The zero-order valence-corrected chi connectivity index (χ0v) is 10.0. The molecule has 0 spiro atoms. The Morgan fingerprint density at radius 3 is 2.39 bits per heavy atom. The lowest BCUT2D eigenvalue weighted by Crippen LogP contribution is -2.32. The normalized spacial score (nSPS) is 10.9. The van der Waals surface area contributed by atoms with Gasteiger partial charge in [0.05, 0.1) is 19.4 Å². The quantitative estimate of drug-likeness (QED) is 0.644. The summed E-state index contributed by atoms with van der Waals surface area (Å²) in [6, 6.07) is 2.54. The standard InChI is InChI=1S/C12H17FN2O3/c13-10-1-2-11(14-9-10)12(18)3-4-15(5-7-16)6-8-17/h1-2,9,16-17H,3-8H2. The predicted molar refractivity (Wildman–Crippen MR) is 63.8 cm³/mol. The number of aliphatic hydroxyl groups is 2. The zero-order chi connectivity index (χ0) is 13.4. The molecule has 18 heavy (non-hydrogen) atoms.